The molecule has 170 valence electrons. The highest BCUT2D eigenvalue weighted by molar-refractivity contribution is 5.71. The molecule has 1 saturated carbocycles. The fraction of sp³-hybridized carbons (Fsp3) is 0.696. The lowest BCUT2D eigenvalue weighted by Crippen LogP contribution is -2.38. The van der Waals surface area contributed by atoms with Crippen LogP contribution in [0.2, 0.25) is 0 Å². The van der Waals surface area contributed by atoms with Gasteiger partial charge in [0.2, 0.25) is 0 Å². The zero-order chi connectivity index (χ0) is 21.8. The van der Waals surface area contributed by atoms with E-state index in [0.29, 0.717) is 30.8 Å². The minimum absolute atomic E-state index is 0.0696. The number of hydrogen-bond donors (Lipinski definition) is 3. The predicted octanol–water partition coefficient (Wildman–Crippen LogP) is 3.73. The zero-order valence-electron chi connectivity index (χ0n) is 18.6. The molecule has 1 fully saturated rings. The van der Waals surface area contributed by atoms with E-state index < -0.39 is 0 Å². The standard InChI is InChI=1S/C23H38FN3O3/c1-4-29-22(28)15-25-12-6-5-7-13-26-27-23(17(2)3)19-10-11-20(24)21(14-19)30-16-18-8-9-18/h10-11,14,17-18,23,25-27H,4-9,12-13,15-16H2,1-3H3. The van der Waals surface area contributed by atoms with Crippen molar-refractivity contribution in [3.05, 3.63) is 29.6 Å². The quantitative estimate of drug-likeness (QED) is 0.214. The maximum atomic E-state index is 14.1. The third kappa shape index (κ3) is 9.41. The van der Waals surface area contributed by atoms with Crippen molar-refractivity contribution in [2.45, 2.75) is 58.9 Å². The van der Waals surface area contributed by atoms with Gasteiger partial charge in [-0.1, -0.05) is 26.3 Å². The molecule has 7 heteroatoms. The van der Waals surface area contributed by atoms with E-state index in [2.05, 4.69) is 30.0 Å². The Balaban J connectivity index is 1.65. The van der Waals surface area contributed by atoms with Crippen LogP contribution in [0, 0.1) is 17.7 Å². The third-order valence-electron chi connectivity index (χ3n) is 5.14. The number of hydrazine groups is 1. The molecule has 1 aromatic rings. The highest BCUT2D eigenvalue weighted by atomic mass is 19.1. The SMILES string of the molecule is CCOC(=O)CNCCCCCNNC(c1ccc(F)c(OCC2CC2)c1)C(C)C. The smallest absolute Gasteiger partial charge is 0.319 e. The first-order chi connectivity index (χ1) is 14.5. The molecule has 6 nitrogen and oxygen atoms in total. The Morgan fingerprint density at radius 3 is 2.67 bits per heavy atom. The van der Waals surface area contributed by atoms with Crippen molar-refractivity contribution < 1.29 is 18.7 Å². The number of carbonyl (C=O) groups is 1. The number of hydrogen-bond acceptors (Lipinski definition) is 6. The molecule has 1 atom stereocenters. The summed E-state index contributed by atoms with van der Waals surface area (Å²) >= 11 is 0. The monoisotopic (exact) mass is 423 g/mol. The number of benzene rings is 1. The highest BCUT2D eigenvalue weighted by Crippen LogP contribution is 2.31. The summed E-state index contributed by atoms with van der Waals surface area (Å²) < 4.78 is 24.6. The topological polar surface area (TPSA) is 71.6 Å². The molecule has 1 unspecified atom stereocenters. The van der Waals surface area contributed by atoms with Crippen molar-refractivity contribution in [3.8, 4) is 5.75 Å². The number of carbonyl (C=O) groups excluding carboxylic acids is 1. The van der Waals surface area contributed by atoms with E-state index in [-0.39, 0.29) is 24.4 Å². The van der Waals surface area contributed by atoms with Gasteiger partial charge >= 0.3 is 5.97 Å². The number of ether oxygens (including phenoxy) is 2. The van der Waals surface area contributed by atoms with Gasteiger partial charge in [0.05, 0.1) is 19.8 Å². The molecule has 1 aromatic carbocycles. The van der Waals surface area contributed by atoms with Crippen molar-refractivity contribution in [2.24, 2.45) is 11.8 Å². The fourth-order valence-corrected chi connectivity index (χ4v) is 3.18. The van der Waals surface area contributed by atoms with E-state index >= 15 is 0 Å². The molecule has 0 radical (unpaired) electrons. The van der Waals surface area contributed by atoms with E-state index in [0.717, 1.165) is 37.9 Å². The minimum Gasteiger partial charge on any atom is -0.490 e. The molecule has 0 aromatic heterocycles. The van der Waals surface area contributed by atoms with Gasteiger partial charge in [-0.25, -0.2) is 4.39 Å². The molecule has 3 N–H and O–H groups in total. The van der Waals surface area contributed by atoms with E-state index in [4.69, 9.17) is 9.47 Å². The van der Waals surface area contributed by atoms with Crippen molar-refractivity contribution in [1.29, 1.82) is 0 Å². The Labute approximate surface area is 180 Å². The molecule has 1 aliphatic rings. The van der Waals surface area contributed by atoms with Gasteiger partial charge in [0.25, 0.3) is 0 Å². The number of halogens is 1. The van der Waals surface area contributed by atoms with Gasteiger partial charge in [0.15, 0.2) is 11.6 Å². The van der Waals surface area contributed by atoms with Crippen LogP contribution in [-0.2, 0) is 9.53 Å². The fourth-order valence-electron chi connectivity index (χ4n) is 3.18. The zero-order valence-corrected chi connectivity index (χ0v) is 18.6. The number of rotatable bonds is 16. The Kier molecular flexibility index (Phi) is 11.1. The molecular formula is C23H38FN3O3. The summed E-state index contributed by atoms with van der Waals surface area (Å²) in [6.45, 7) is 9.03. The van der Waals surface area contributed by atoms with Gasteiger partial charge in [-0.05, 0) is 68.7 Å². The van der Waals surface area contributed by atoms with Crippen molar-refractivity contribution in [2.75, 3.05) is 32.8 Å². The summed E-state index contributed by atoms with van der Waals surface area (Å²) in [5, 5.41) is 3.09. The lowest BCUT2D eigenvalue weighted by Gasteiger charge is -2.24. The molecule has 0 heterocycles. The molecule has 0 spiro atoms. The first kappa shape index (κ1) is 24.6. The maximum absolute atomic E-state index is 14.1. The molecule has 30 heavy (non-hydrogen) atoms. The molecule has 0 aliphatic heterocycles. The first-order valence-corrected chi connectivity index (χ1v) is 11.3. The van der Waals surface area contributed by atoms with Crippen molar-refractivity contribution in [1.82, 2.24) is 16.2 Å². The van der Waals surface area contributed by atoms with Crippen LogP contribution in [0.5, 0.6) is 5.75 Å². The number of unbranched alkanes of at least 4 members (excludes halogenated alkanes) is 2. The van der Waals surface area contributed by atoms with Gasteiger partial charge in [-0.3, -0.25) is 15.6 Å². The van der Waals surface area contributed by atoms with Gasteiger partial charge in [-0.15, -0.1) is 0 Å². The molecule has 0 bridgehead atoms. The summed E-state index contributed by atoms with van der Waals surface area (Å²) in [5.74, 6) is 0.777. The second-order valence-corrected chi connectivity index (χ2v) is 8.28. The Morgan fingerprint density at radius 1 is 1.20 bits per heavy atom. The largest absolute Gasteiger partial charge is 0.490 e. The van der Waals surface area contributed by atoms with Crippen molar-refractivity contribution >= 4 is 5.97 Å². The summed E-state index contributed by atoms with van der Waals surface area (Å²) in [6, 6.07) is 5.22. The molecule has 0 saturated heterocycles. The first-order valence-electron chi connectivity index (χ1n) is 11.3. The van der Waals surface area contributed by atoms with Crippen LogP contribution in [0.4, 0.5) is 4.39 Å². The molecular weight excluding hydrogens is 385 g/mol. The number of nitrogens with one attached hydrogen (secondary N) is 3. The van der Waals surface area contributed by atoms with E-state index in [1.807, 2.05) is 12.1 Å². The lowest BCUT2D eigenvalue weighted by molar-refractivity contribution is -0.141. The summed E-state index contributed by atoms with van der Waals surface area (Å²) in [6.07, 6.45) is 5.46. The molecule has 0 amide bonds. The molecule has 1 aliphatic carbocycles. The summed E-state index contributed by atoms with van der Waals surface area (Å²) in [7, 11) is 0. The minimum atomic E-state index is -0.300. The van der Waals surface area contributed by atoms with Gasteiger partial charge in [0, 0.05) is 12.6 Å². The normalized spacial score (nSPS) is 14.7. The van der Waals surface area contributed by atoms with Crippen LogP contribution in [0.3, 0.4) is 0 Å². The molecule has 2 rings (SSSR count). The van der Waals surface area contributed by atoms with Crippen LogP contribution in [0.1, 0.15) is 64.5 Å². The summed E-state index contributed by atoms with van der Waals surface area (Å²) in [5.41, 5.74) is 7.71. The third-order valence-corrected chi connectivity index (χ3v) is 5.14. The van der Waals surface area contributed by atoms with E-state index in [9.17, 15) is 9.18 Å². The summed E-state index contributed by atoms with van der Waals surface area (Å²) in [4.78, 5) is 11.2. The van der Waals surface area contributed by atoms with E-state index in [1.54, 1.807) is 6.92 Å². The van der Waals surface area contributed by atoms with Crippen LogP contribution >= 0.6 is 0 Å². The Bertz CT molecular complexity index is 638. The van der Waals surface area contributed by atoms with Crippen LogP contribution in [0.25, 0.3) is 0 Å². The second-order valence-electron chi connectivity index (χ2n) is 8.28. The van der Waals surface area contributed by atoms with Gasteiger partial charge < -0.3 is 14.8 Å². The lowest BCUT2D eigenvalue weighted by atomic mass is 9.96. The highest BCUT2D eigenvalue weighted by Gasteiger charge is 2.23. The maximum Gasteiger partial charge on any atom is 0.319 e. The van der Waals surface area contributed by atoms with Gasteiger partial charge in [-0.2, -0.15) is 0 Å². The Hall–Kier alpha value is -1.70. The van der Waals surface area contributed by atoms with E-state index in [1.165, 1.54) is 18.9 Å². The second kappa shape index (κ2) is 13.6. The average molecular weight is 424 g/mol. The number of esters is 1. The van der Waals surface area contributed by atoms with Gasteiger partial charge in [0.1, 0.15) is 0 Å². The van der Waals surface area contributed by atoms with Crippen LogP contribution in [0.15, 0.2) is 18.2 Å². The van der Waals surface area contributed by atoms with Crippen LogP contribution in [-0.4, -0.2) is 38.8 Å². The van der Waals surface area contributed by atoms with Crippen LogP contribution < -0.4 is 20.9 Å². The van der Waals surface area contributed by atoms with Crippen molar-refractivity contribution in [3.63, 3.8) is 0 Å². The predicted molar refractivity (Wildman–Crippen MR) is 117 cm³/mol. The average Bonchev–Trinajstić information content (AvgIpc) is 3.53. The Morgan fingerprint density at radius 2 is 1.97 bits per heavy atom.